The molecular weight excluding hydrogens is 266 g/mol. The summed E-state index contributed by atoms with van der Waals surface area (Å²) in [5.74, 6) is 0.550. The Balaban J connectivity index is 2.14. The molecule has 2 unspecified atom stereocenters. The fourth-order valence-corrected chi connectivity index (χ4v) is 3.46. The molecule has 1 aliphatic rings. The molecule has 1 aromatic carbocycles. The normalized spacial score (nSPS) is 24.6. The maximum Gasteiger partial charge on any atom is 0.273 e. The average Bonchev–Trinajstić information content (AvgIpc) is 2.40. The number of hydrogen-bond acceptors (Lipinski definition) is 3. The Labute approximate surface area is 117 Å². The molecule has 0 aromatic heterocycles. The van der Waals surface area contributed by atoms with Crippen LogP contribution in [0.4, 0.5) is 5.69 Å². The number of rotatable bonds is 5. The summed E-state index contributed by atoms with van der Waals surface area (Å²) in [4.78, 5) is 10.3. The number of non-ortho nitro benzene ring substituents is 1. The highest BCUT2D eigenvalue weighted by molar-refractivity contribution is 6.21. The number of ether oxygens (including phenoxy) is 1. The smallest absolute Gasteiger partial charge is 0.273 e. The molecule has 0 bridgehead atoms. The van der Waals surface area contributed by atoms with E-state index in [4.69, 9.17) is 16.3 Å². The van der Waals surface area contributed by atoms with Gasteiger partial charge < -0.3 is 4.74 Å². The van der Waals surface area contributed by atoms with Gasteiger partial charge in [-0.3, -0.25) is 10.1 Å². The van der Waals surface area contributed by atoms with Crippen molar-refractivity contribution in [3.63, 3.8) is 0 Å². The molecule has 0 radical (unpaired) electrons. The van der Waals surface area contributed by atoms with Crippen molar-refractivity contribution in [2.24, 2.45) is 5.41 Å². The Bertz CT molecular complexity index is 474. The molecule has 0 saturated heterocycles. The van der Waals surface area contributed by atoms with Crippen LogP contribution < -0.4 is 4.74 Å². The van der Waals surface area contributed by atoms with Gasteiger partial charge in [0.05, 0.1) is 11.0 Å². The van der Waals surface area contributed by atoms with Crippen LogP contribution in [0.2, 0.25) is 0 Å². The van der Waals surface area contributed by atoms with E-state index < -0.39 is 4.92 Å². The lowest BCUT2D eigenvalue weighted by Crippen LogP contribution is -2.56. The Morgan fingerprint density at radius 3 is 2.68 bits per heavy atom. The molecular formula is C14H18ClNO3. The van der Waals surface area contributed by atoms with E-state index in [2.05, 4.69) is 13.8 Å². The summed E-state index contributed by atoms with van der Waals surface area (Å²) in [7, 11) is 0. The van der Waals surface area contributed by atoms with Crippen LogP contribution >= 0.6 is 11.6 Å². The zero-order valence-electron chi connectivity index (χ0n) is 11.1. The highest BCUT2D eigenvalue weighted by Crippen LogP contribution is 2.51. The van der Waals surface area contributed by atoms with Crippen LogP contribution in [-0.4, -0.2) is 16.4 Å². The molecule has 5 heteroatoms. The molecule has 19 heavy (non-hydrogen) atoms. The molecule has 0 spiro atoms. The zero-order valence-corrected chi connectivity index (χ0v) is 11.9. The van der Waals surface area contributed by atoms with Gasteiger partial charge in [-0.2, -0.15) is 0 Å². The van der Waals surface area contributed by atoms with Gasteiger partial charge in [0.25, 0.3) is 5.69 Å². The minimum atomic E-state index is -0.412. The van der Waals surface area contributed by atoms with Crippen molar-refractivity contribution in [3.8, 4) is 5.75 Å². The van der Waals surface area contributed by atoms with Gasteiger partial charge >= 0.3 is 0 Å². The van der Waals surface area contributed by atoms with Gasteiger partial charge in [0.15, 0.2) is 0 Å². The second kappa shape index (κ2) is 5.37. The van der Waals surface area contributed by atoms with Gasteiger partial charge in [-0.05, 0) is 18.9 Å². The van der Waals surface area contributed by atoms with Crippen LogP contribution in [0.3, 0.4) is 0 Å². The number of benzene rings is 1. The third-order valence-corrected chi connectivity index (χ3v) is 4.92. The van der Waals surface area contributed by atoms with Crippen LogP contribution in [0.1, 0.15) is 33.1 Å². The number of halogens is 1. The summed E-state index contributed by atoms with van der Waals surface area (Å²) in [5.41, 5.74) is 0.0458. The largest absolute Gasteiger partial charge is 0.489 e. The van der Waals surface area contributed by atoms with Crippen molar-refractivity contribution >= 4 is 17.3 Å². The number of nitro groups is 1. The van der Waals surface area contributed by atoms with E-state index in [0.29, 0.717) is 5.75 Å². The van der Waals surface area contributed by atoms with Crippen molar-refractivity contribution < 1.29 is 9.66 Å². The first-order valence-corrected chi connectivity index (χ1v) is 7.02. The third-order valence-electron chi connectivity index (χ3n) is 4.31. The molecule has 1 aliphatic carbocycles. The summed E-state index contributed by atoms with van der Waals surface area (Å²) < 4.78 is 5.92. The van der Waals surface area contributed by atoms with Gasteiger partial charge in [0.2, 0.25) is 0 Å². The van der Waals surface area contributed by atoms with Crippen LogP contribution in [0.15, 0.2) is 24.3 Å². The quantitative estimate of drug-likeness (QED) is 0.463. The fraction of sp³-hybridized carbons (Fsp3) is 0.571. The number of nitro benzene ring substituents is 1. The summed E-state index contributed by atoms with van der Waals surface area (Å²) >= 11 is 6.33. The summed E-state index contributed by atoms with van der Waals surface area (Å²) in [6.45, 7) is 4.23. The molecule has 104 valence electrons. The van der Waals surface area contributed by atoms with E-state index in [1.54, 1.807) is 12.1 Å². The first-order valence-electron chi connectivity index (χ1n) is 6.58. The predicted molar refractivity (Wildman–Crippen MR) is 74.8 cm³/mol. The Hall–Kier alpha value is -1.29. The van der Waals surface area contributed by atoms with Gasteiger partial charge in [0, 0.05) is 23.3 Å². The topological polar surface area (TPSA) is 52.4 Å². The summed E-state index contributed by atoms with van der Waals surface area (Å²) in [6, 6.07) is 6.33. The molecule has 0 amide bonds. The van der Waals surface area contributed by atoms with Crippen molar-refractivity contribution in [2.45, 2.75) is 44.6 Å². The maximum absolute atomic E-state index is 10.7. The number of hydrogen-bond donors (Lipinski definition) is 0. The van der Waals surface area contributed by atoms with E-state index in [9.17, 15) is 10.1 Å². The second-order valence-corrected chi connectivity index (χ2v) is 5.53. The predicted octanol–water partition coefficient (Wildman–Crippen LogP) is 4.16. The van der Waals surface area contributed by atoms with Gasteiger partial charge in [0.1, 0.15) is 11.9 Å². The van der Waals surface area contributed by atoms with Gasteiger partial charge in [-0.25, -0.2) is 0 Å². The van der Waals surface area contributed by atoms with Crippen molar-refractivity contribution in [3.05, 3.63) is 34.4 Å². The molecule has 0 aliphatic heterocycles. The third kappa shape index (κ3) is 2.41. The fourth-order valence-electron chi connectivity index (χ4n) is 2.85. The van der Waals surface area contributed by atoms with E-state index in [0.717, 1.165) is 19.3 Å². The van der Waals surface area contributed by atoms with E-state index in [-0.39, 0.29) is 22.6 Å². The molecule has 1 aromatic rings. The molecule has 2 atom stereocenters. The Kier molecular flexibility index (Phi) is 3.99. The molecule has 0 N–H and O–H groups in total. The molecule has 1 saturated carbocycles. The highest BCUT2D eigenvalue weighted by atomic mass is 35.5. The lowest BCUT2D eigenvalue weighted by atomic mass is 9.62. The summed E-state index contributed by atoms with van der Waals surface area (Å²) in [6.07, 6.45) is 2.76. The zero-order chi connectivity index (χ0) is 14.0. The molecule has 2 rings (SSSR count). The lowest BCUT2D eigenvalue weighted by molar-refractivity contribution is -0.385. The highest BCUT2D eigenvalue weighted by Gasteiger charge is 2.53. The van der Waals surface area contributed by atoms with Crippen LogP contribution in [-0.2, 0) is 0 Å². The Morgan fingerprint density at radius 1 is 1.47 bits per heavy atom. The maximum atomic E-state index is 10.7. The molecule has 4 nitrogen and oxygen atoms in total. The second-order valence-electron chi connectivity index (χ2n) is 5.00. The summed E-state index contributed by atoms with van der Waals surface area (Å²) in [5, 5.41) is 10.9. The molecule has 1 fully saturated rings. The lowest BCUT2D eigenvalue weighted by Gasteiger charge is -2.52. The van der Waals surface area contributed by atoms with E-state index >= 15 is 0 Å². The number of nitrogens with zero attached hydrogens (tertiary/aromatic N) is 1. The van der Waals surface area contributed by atoms with Crippen LogP contribution in [0.5, 0.6) is 5.75 Å². The van der Waals surface area contributed by atoms with Gasteiger partial charge in [-0.15, -0.1) is 11.6 Å². The van der Waals surface area contributed by atoms with Crippen LogP contribution in [0, 0.1) is 15.5 Å². The minimum absolute atomic E-state index is 0.00776. The average molecular weight is 284 g/mol. The number of alkyl halides is 1. The standard InChI is InChI=1S/C14H18ClNO3/c1-3-14(4-2)12(15)9-13(14)19-11-7-5-6-10(8-11)16(17)18/h5-8,12-13H,3-4,9H2,1-2H3. The Morgan fingerprint density at radius 2 is 2.16 bits per heavy atom. The van der Waals surface area contributed by atoms with Crippen molar-refractivity contribution in [1.29, 1.82) is 0 Å². The van der Waals surface area contributed by atoms with E-state index in [1.807, 2.05) is 0 Å². The van der Waals surface area contributed by atoms with E-state index in [1.165, 1.54) is 12.1 Å². The molecule has 0 heterocycles. The van der Waals surface area contributed by atoms with Crippen molar-refractivity contribution in [1.82, 2.24) is 0 Å². The first kappa shape index (κ1) is 14.1. The first-order chi connectivity index (χ1) is 9.03. The minimum Gasteiger partial charge on any atom is -0.489 e. The monoisotopic (exact) mass is 283 g/mol. The van der Waals surface area contributed by atoms with Crippen molar-refractivity contribution in [2.75, 3.05) is 0 Å². The van der Waals surface area contributed by atoms with Gasteiger partial charge in [-0.1, -0.05) is 19.9 Å². The van der Waals surface area contributed by atoms with Crippen LogP contribution in [0.25, 0.3) is 0 Å². The SMILES string of the molecule is CCC1(CC)C(Cl)CC1Oc1cccc([N+](=O)[O-])c1.